The first-order chi connectivity index (χ1) is 26.0. The van der Waals surface area contributed by atoms with Gasteiger partial charge in [0.25, 0.3) is 0 Å². The van der Waals surface area contributed by atoms with E-state index in [1.807, 2.05) is 48.5 Å². The lowest BCUT2D eigenvalue weighted by molar-refractivity contribution is 0.426. The molecule has 6 aromatic carbocycles. The molecule has 0 atom stereocenters. The molecule has 10 rings (SSSR count). The van der Waals surface area contributed by atoms with Gasteiger partial charge >= 0.3 is 0 Å². The van der Waals surface area contributed by atoms with Crippen molar-refractivity contribution in [3.8, 4) is 56.9 Å². The normalized spacial score (nSPS) is 14.3. The largest absolute Gasteiger partial charge is 0.457 e. The molecule has 2 aliphatic rings. The van der Waals surface area contributed by atoms with Crippen LogP contribution in [0.3, 0.4) is 0 Å². The van der Waals surface area contributed by atoms with Crippen molar-refractivity contribution in [2.75, 3.05) is 0 Å². The summed E-state index contributed by atoms with van der Waals surface area (Å²) < 4.78 is 6.85. The van der Waals surface area contributed by atoms with E-state index < -0.39 is 5.41 Å². The van der Waals surface area contributed by atoms with Gasteiger partial charge in [0, 0.05) is 33.9 Å². The van der Waals surface area contributed by atoms with Gasteiger partial charge in [-0.25, -0.2) is 15.0 Å². The molecule has 0 saturated heterocycles. The Hall–Kier alpha value is -6.72. The summed E-state index contributed by atoms with van der Waals surface area (Å²) >= 11 is 0. The standard InChI is InChI=1S/C48H34N4O/c1-47(2)35-21-6-8-23-37(35)48(38-24-9-7-22-36(38)47)39-25-10-11-27-41(39)53-42-28-15-20-34(43(42)48)32-18-14-19-33(30-32)45-50-44(31-16-4-3-5-17-31)51-46(52-45)40-26-12-13-29-49-40/h3-30H,1-2H3. The molecule has 0 N–H and O–H groups in total. The van der Waals surface area contributed by atoms with Crippen LogP contribution in [-0.4, -0.2) is 19.9 Å². The summed E-state index contributed by atoms with van der Waals surface area (Å²) in [5, 5.41) is 0. The molecule has 0 bridgehead atoms. The number of ether oxygens (including phenoxy) is 1. The average Bonchev–Trinajstić information content (AvgIpc) is 3.23. The van der Waals surface area contributed by atoms with Crippen LogP contribution >= 0.6 is 0 Å². The van der Waals surface area contributed by atoms with Gasteiger partial charge < -0.3 is 4.74 Å². The maximum Gasteiger partial charge on any atom is 0.182 e. The summed E-state index contributed by atoms with van der Waals surface area (Å²) in [5.74, 6) is 3.42. The van der Waals surface area contributed by atoms with E-state index in [1.165, 1.54) is 22.3 Å². The molecule has 5 nitrogen and oxygen atoms in total. The smallest absolute Gasteiger partial charge is 0.182 e. The van der Waals surface area contributed by atoms with E-state index in [4.69, 9.17) is 19.7 Å². The highest BCUT2D eigenvalue weighted by molar-refractivity contribution is 5.84. The number of benzene rings is 6. The number of nitrogens with zero attached hydrogens (tertiary/aromatic N) is 4. The zero-order chi connectivity index (χ0) is 35.6. The summed E-state index contributed by atoms with van der Waals surface area (Å²) in [7, 11) is 0. The highest BCUT2D eigenvalue weighted by Gasteiger charge is 2.53. The topological polar surface area (TPSA) is 60.8 Å². The quantitative estimate of drug-likeness (QED) is 0.185. The lowest BCUT2D eigenvalue weighted by Crippen LogP contribution is -2.43. The van der Waals surface area contributed by atoms with Crippen LogP contribution in [-0.2, 0) is 10.8 Å². The molecule has 3 heterocycles. The van der Waals surface area contributed by atoms with Crippen molar-refractivity contribution >= 4 is 0 Å². The van der Waals surface area contributed by atoms with Gasteiger partial charge in [-0.15, -0.1) is 0 Å². The molecule has 1 aliphatic heterocycles. The maximum atomic E-state index is 6.85. The van der Waals surface area contributed by atoms with Gasteiger partial charge in [0.15, 0.2) is 17.5 Å². The monoisotopic (exact) mass is 682 g/mol. The fraction of sp³-hybridized carbons (Fsp3) is 0.0833. The molecule has 8 aromatic rings. The summed E-state index contributed by atoms with van der Waals surface area (Å²) in [6.07, 6.45) is 1.76. The second-order valence-electron chi connectivity index (χ2n) is 14.2. The molecule has 0 unspecified atom stereocenters. The van der Waals surface area contributed by atoms with Crippen molar-refractivity contribution < 1.29 is 4.74 Å². The average molecular weight is 683 g/mol. The number of para-hydroxylation sites is 1. The van der Waals surface area contributed by atoms with Crippen molar-refractivity contribution in [2.24, 2.45) is 0 Å². The van der Waals surface area contributed by atoms with Gasteiger partial charge in [0.05, 0.1) is 5.41 Å². The van der Waals surface area contributed by atoms with Crippen LogP contribution in [0.15, 0.2) is 170 Å². The van der Waals surface area contributed by atoms with Gasteiger partial charge in [-0.2, -0.15) is 0 Å². The number of hydrogen-bond acceptors (Lipinski definition) is 5. The first kappa shape index (κ1) is 31.1. The maximum absolute atomic E-state index is 6.85. The molecule has 0 fully saturated rings. The van der Waals surface area contributed by atoms with Crippen molar-refractivity contribution in [3.05, 3.63) is 203 Å². The number of rotatable bonds is 4. The Kier molecular flexibility index (Phi) is 6.99. The summed E-state index contributed by atoms with van der Waals surface area (Å²) in [4.78, 5) is 19.5. The third kappa shape index (κ3) is 4.70. The molecule has 0 saturated carbocycles. The molecule has 1 spiro atoms. The molecule has 1 aliphatic carbocycles. The SMILES string of the molecule is CC1(C)c2ccccc2C2(c3ccccc3Oc3cccc(-c4cccc(-c5nc(-c6ccccc6)nc(-c6ccccn6)n5)c4)c32)c2ccccc21. The van der Waals surface area contributed by atoms with Crippen LogP contribution in [0.2, 0.25) is 0 Å². The summed E-state index contributed by atoms with van der Waals surface area (Å²) in [6.45, 7) is 4.69. The Morgan fingerprint density at radius 2 is 0.981 bits per heavy atom. The van der Waals surface area contributed by atoms with E-state index in [0.717, 1.165) is 44.9 Å². The third-order valence-electron chi connectivity index (χ3n) is 10.9. The van der Waals surface area contributed by atoms with E-state index in [9.17, 15) is 0 Å². The van der Waals surface area contributed by atoms with E-state index in [1.54, 1.807) is 6.20 Å². The summed E-state index contributed by atoms with van der Waals surface area (Å²) in [6, 6.07) is 57.3. The highest BCUT2D eigenvalue weighted by Crippen LogP contribution is 2.63. The highest BCUT2D eigenvalue weighted by atomic mass is 16.5. The minimum atomic E-state index is -0.640. The molecular formula is C48H34N4O. The zero-order valence-electron chi connectivity index (χ0n) is 29.4. The van der Waals surface area contributed by atoms with Crippen molar-refractivity contribution in [2.45, 2.75) is 24.7 Å². The molecule has 252 valence electrons. The van der Waals surface area contributed by atoms with Crippen LogP contribution in [0.5, 0.6) is 11.5 Å². The fourth-order valence-corrected chi connectivity index (χ4v) is 8.58. The first-order valence-corrected chi connectivity index (χ1v) is 18.0. The van der Waals surface area contributed by atoms with Gasteiger partial charge in [-0.3, -0.25) is 4.98 Å². The molecule has 2 aromatic heterocycles. The van der Waals surface area contributed by atoms with Crippen LogP contribution in [0, 0.1) is 0 Å². The van der Waals surface area contributed by atoms with Crippen LogP contribution in [0.1, 0.15) is 47.2 Å². The predicted octanol–water partition coefficient (Wildman–Crippen LogP) is 11.1. The van der Waals surface area contributed by atoms with Crippen LogP contribution < -0.4 is 4.74 Å². The van der Waals surface area contributed by atoms with Crippen LogP contribution in [0.25, 0.3) is 45.4 Å². The molecule has 0 amide bonds. The predicted molar refractivity (Wildman–Crippen MR) is 210 cm³/mol. The van der Waals surface area contributed by atoms with E-state index in [0.29, 0.717) is 23.2 Å². The van der Waals surface area contributed by atoms with E-state index in [2.05, 4.69) is 134 Å². The Labute approximate surface area is 308 Å². The summed E-state index contributed by atoms with van der Waals surface area (Å²) in [5.41, 5.74) is 11.2. The molecular weight excluding hydrogens is 649 g/mol. The van der Waals surface area contributed by atoms with E-state index >= 15 is 0 Å². The lowest BCUT2D eigenvalue weighted by Gasteiger charge is -2.50. The third-order valence-corrected chi connectivity index (χ3v) is 10.9. The number of fused-ring (bicyclic) bond motifs is 8. The second-order valence-corrected chi connectivity index (χ2v) is 14.2. The molecule has 5 heteroatoms. The van der Waals surface area contributed by atoms with Crippen molar-refractivity contribution in [1.29, 1.82) is 0 Å². The van der Waals surface area contributed by atoms with Crippen molar-refractivity contribution in [3.63, 3.8) is 0 Å². The number of hydrogen-bond donors (Lipinski definition) is 0. The minimum Gasteiger partial charge on any atom is -0.457 e. The van der Waals surface area contributed by atoms with Gasteiger partial charge in [0.1, 0.15) is 17.2 Å². The second kappa shape index (κ2) is 11.9. The van der Waals surface area contributed by atoms with Crippen molar-refractivity contribution in [1.82, 2.24) is 19.9 Å². The Bertz CT molecular complexity index is 2580. The Balaban J connectivity index is 1.23. The lowest BCUT2D eigenvalue weighted by atomic mass is 9.53. The minimum absolute atomic E-state index is 0.207. The van der Waals surface area contributed by atoms with E-state index in [-0.39, 0.29) is 5.41 Å². The Morgan fingerprint density at radius 1 is 0.434 bits per heavy atom. The van der Waals surface area contributed by atoms with Gasteiger partial charge in [-0.1, -0.05) is 147 Å². The fourth-order valence-electron chi connectivity index (χ4n) is 8.58. The number of pyridine rings is 1. The molecule has 53 heavy (non-hydrogen) atoms. The Morgan fingerprint density at radius 3 is 1.70 bits per heavy atom. The first-order valence-electron chi connectivity index (χ1n) is 18.0. The molecule has 0 radical (unpaired) electrons. The number of aromatic nitrogens is 4. The van der Waals surface area contributed by atoms with Crippen LogP contribution in [0.4, 0.5) is 0 Å². The zero-order valence-corrected chi connectivity index (χ0v) is 29.4. The van der Waals surface area contributed by atoms with Gasteiger partial charge in [0.2, 0.25) is 0 Å². The van der Waals surface area contributed by atoms with Gasteiger partial charge in [-0.05, 0) is 63.7 Å².